The van der Waals surface area contributed by atoms with Gasteiger partial charge in [0, 0.05) is 6.54 Å². The molecule has 1 aliphatic rings. The molecule has 2 rings (SSSR count). The summed E-state index contributed by atoms with van der Waals surface area (Å²) in [5, 5.41) is 8.86. The van der Waals surface area contributed by atoms with Gasteiger partial charge in [-0.05, 0) is 31.5 Å². The normalized spacial score (nSPS) is 22.0. The van der Waals surface area contributed by atoms with Gasteiger partial charge in [0.2, 0.25) is 10.0 Å². The van der Waals surface area contributed by atoms with Crippen molar-refractivity contribution < 1.29 is 27.4 Å². The van der Waals surface area contributed by atoms with Gasteiger partial charge >= 0.3 is 5.97 Å². The molecule has 1 saturated heterocycles. The van der Waals surface area contributed by atoms with E-state index < -0.39 is 33.5 Å². The third-order valence-electron chi connectivity index (χ3n) is 3.72. The smallest absolute Gasteiger partial charge is 0.306 e. The summed E-state index contributed by atoms with van der Waals surface area (Å²) in [4.78, 5) is 10.8. The maximum atomic E-state index is 12.9. The van der Waals surface area contributed by atoms with E-state index in [1.54, 1.807) is 13.8 Å². The first-order chi connectivity index (χ1) is 10.6. The highest BCUT2D eigenvalue weighted by molar-refractivity contribution is 7.88. The van der Waals surface area contributed by atoms with Crippen LogP contribution in [0.5, 0.6) is 0 Å². The summed E-state index contributed by atoms with van der Waals surface area (Å²) in [5.41, 5.74) is -0.295. The van der Waals surface area contributed by atoms with Crippen LogP contribution in [0.1, 0.15) is 25.8 Å². The quantitative estimate of drug-likeness (QED) is 0.876. The molecule has 0 bridgehead atoms. The van der Waals surface area contributed by atoms with Crippen molar-refractivity contribution in [2.75, 3.05) is 13.2 Å². The zero-order chi connectivity index (χ0) is 17.3. The van der Waals surface area contributed by atoms with Crippen LogP contribution >= 0.6 is 0 Å². The lowest BCUT2D eigenvalue weighted by atomic mass is 10.0. The number of halogens is 1. The van der Waals surface area contributed by atoms with Crippen molar-refractivity contribution >= 4 is 16.0 Å². The molecule has 1 N–H and O–H groups in total. The molecule has 0 amide bonds. The van der Waals surface area contributed by atoms with E-state index in [0.717, 1.165) is 0 Å². The number of rotatable bonds is 5. The van der Waals surface area contributed by atoms with Crippen molar-refractivity contribution in [3.05, 3.63) is 35.6 Å². The molecule has 1 fully saturated rings. The van der Waals surface area contributed by atoms with Crippen molar-refractivity contribution in [2.24, 2.45) is 0 Å². The summed E-state index contributed by atoms with van der Waals surface area (Å²) in [5.74, 6) is -1.73. The molecule has 23 heavy (non-hydrogen) atoms. The lowest BCUT2D eigenvalue weighted by Crippen LogP contribution is -2.58. The molecule has 0 saturated carbocycles. The Hall–Kier alpha value is -1.51. The number of hydrogen-bond acceptors (Lipinski definition) is 4. The van der Waals surface area contributed by atoms with Crippen molar-refractivity contribution in [3.8, 4) is 0 Å². The molecule has 0 aliphatic carbocycles. The zero-order valence-electron chi connectivity index (χ0n) is 13.0. The number of carboxylic acids is 1. The Bertz CT molecular complexity index is 672. The number of carboxylic acid groups (broad SMARTS) is 1. The molecule has 1 aromatic carbocycles. The van der Waals surface area contributed by atoms with Crippen LogP contribution in [0.4, 0.5) is 4.39 Å². The number of carbonyl (C=O) groups is 1. The second kappa shape index (κ2) is 6.54. The summed E-state index contributed by atoms with van der Waals surface area (Å²) < 4.78 is 45.1. The number of morpholine rings is 1. The minimum Gasteiger partial charge on any atom is -0.481 e. The van der Waals surface area contributed by atoms with Crippen molar-refractivity contribution in [1.82, 2.24) is 4.31 Å². The molecular weight excluding hydrogens is 325 g/mol. The van der Waals surface area contributed by atoms with E-state index in [0.29, 0.717) is 5.56 Å². The molecule has 128 valence electrons. The average Bonchev–Trinajstić information content (AvgIpc) is 2.42. The molecule has 6 nitrogen and oxygen atoms in total. The standard InChI is InChI=1S/C15H20FNO5S/c1-15(2)10-22-13(7-14(18)19)8-17(15)23(20,21)9-11-3-5-12(16)6-4-11/h3-6,13H,7-10H2,1-2H3,(H,18,19). The Morgan fingerprint density at radius 2 is 2.00 bits per heavy atom. The van der Waals surface area contributed by atoms with Crippen molar-refractivity contribution in [2.45, 2.75) is 37.7 Å². The highest BCUT2D eigenvalue weighted by Gasteiger charge is 2.42. The van der Waals surface area contributed by atoms with Gasteiger partial charge in [-0.3, -0.25) is 4.79 Å². The second-order valence-corrected chi connectivity index (χ2v) is 8.15. The number of benzene rings is 1. The highest BCUT2D eigenvalue weighted by Crippen LogP contribution is 2.28. The van der Waals surface area contributed by atoms with Crippen molar-refractivity contribution in [1.29, 1.82) is 0 Å². The molecular formula is C15H20FNO5S. The fourth-order valence-corrected chi connectivity index (χ4v) is 4.52. The van der Waals surface area contributed by atoms with Crippen LogP contribution in [0.25, 0.3) is 0 Å². The first-order valence-electron chi connectivity index (χ1n) is 7.18. The molecule has 0 radical (unpaired) electrons. The lowest BCUT2D eigenvalue weighted by molar-refractivity contribution is -0.143. The third kappa shape index (κ3) is 4.49. The van der Waals surface area contributed by atoms with E-state index in [9.17, 15) is 17.6 Å². The minimum absolute atomic E-state index is 0.0111. The van der Waals surface area contributed by atoms with Gasteiger partial charge in [0.05, 0.1) is 30.4 Å². The van der Waals surface area contributed by atoms with Crippen LogP contribution in [0.15, 0.2) is 24.3 Å². The lowest BCUT2D eigenvalue weighted by Gasteiger charge is -2.43. The van der Waals surface area contributed by atoms with Crippen LogP contribution in [0.3, 0.4) is 0 Å². The van der Waals surface area contributed by atoms with Crippen LogP contribution in [-0.2, 0) is 25.3 Å². The number of sulfonamides is 1. The Morgan fingerprint density at radius 1 is 1.39 bits per heavy atom. The predicted octanol–water partition coefficient (Wildman–Crippen LogP) is 1.61. The summed E-state index contributed by atoms with van der Waals surface area (Å²) in [7, 11) is -3.69. The van der Waals surface area contributed by atoms with E-state index in [2.05, 4.69) is 0 Å². The maximum Gasteiger partial charge on any atom is 0.306 e. The minimum atomic E-state index is -3.69. The van der Waals surface area contributed by atoms with Gasteiger partial charge < -0.3 is 9.84 Å². The second-order valence-electron chi connectivity index (χ2n) is 6.26. The van der Waals surface area contributed by atoms with Gasteiger partial charge in [-0.15, -0.1) is 0 Å². The summed E-state index contributed by atoms with van der Waals surface area (Å²) in [6, 6.07) is 5.27. The number of aliphatic carboxylic acids is 1. The first-order valence-corrected chi connectivity index (χ1v) is 8.79. The van der Waals surface area contributed by atoms with Crippen LogP contribution in [0.2, 0.25) is 0 Å². The van der Waals surface area contributed by atoms with E-state index >= 15 is 0 Å². The maximum absolute atomic E-state index is 12.9. The molecule has 0 spiro atoms. The van der Waals surface area contributed by atoms with Crippen LogP contribution < -0.4 is 0 Å². The molecule has 1 aliphatic heterocycles. The van der Waals surface area contributed by atoms with E-state index in [-0.39, 0.29) is 25.3 Å². The third-order valence-corrected chi connectivity index (χ3v) is 5.73. The largest absolute Gasteiger partial charge is 0.481 e. The first kappa shape index (κ1) is 17.8. The molecule has 1 heterocycles. The molecule has 0 aromatic heterocycles. The van der Waals surface area contributed by atoms with Gasteiger partial charge in [-0.25, -0.2) is 12.8 Å². The Morgan fingerprint density at radius 3 is 2.57 bits per heavy atom. The van der Waals surface area contributed by atoms with Gasteiger partial charge in [0.1, 0.15) is 5.82 Å². The predicted molar refractivity (Wildman–Crippen MR) is 81.8 cm³/mol. The van der Waals surface area contributed by atoms with Gasteiger partial charge in [0.15, 0.2) is 0 Å². The average molecular weight is 345 g/mol. The van der Waals surface area contributed by atoms with E-state index in [1.165, 1.54) is 28.6 Å². The Labute approximate surface area is 134 Å². The number of hydrogen-bond donors (Lipinski definition) is 1. The highest BCUT2D eigenvalue weighted by atomic mass is 32.2. The molecule has 1 aromatic rings. The zero-order valence-corrected chi connectivity index (χ0v) is 13.8. The van der Waals surface area contributed by atoms with Crippen molar-refractivity contribution in [3.63, 3.8) is 0 Å². The Balaban J connectivity index is 2.20. The number of ether oxygens (including phenoxy) is 1. The van der Waals surface area contributed by atoms with Gasteiger partial charge in [-0.2, -0.15) is 4.31 Å². The Kier molecular flexibility index (Phi) is 5.07. The van der Waals surface area contributed by atoms with E-state index in [1.807, 2.05) is 0 Å². The van der Waals surface area contributed by atoms with Gasteiger partial charge in [-0.1, -0.05) is 12.1 Å². The summed E-state index contributed by atoms with van der Waals surface area (Å²) in [6.07, 6.45) is -0.929. The molecule has 1 unspecified atom stereocenters. The fraction of sp³-hybridized carbons (Fsp3) is 0.533. The van der Waals surface area contributed by atoms with Gasteiger partial charge in [0.25, 0.3) is 0 Å². The number of nitrogens with zero attached hydrogens (tertiary/aromatic N) is 1. The SMILES string of the molecule is CC1(C)COC(CC(=O)O)CN1S(=O)(=O)Cc1ccc(F)cc1. The molecule has 1 atom stereocenters. The topological polar surface area (TPSA) is 83.9 Å². The van der Waals surface area contributed by atoms with Crippen LogP contribution in [-0.4, -0.2) is 48.6 Å². The fourth-order valence-electron chi connectivity index (χ4n) is 2.56. The summed E-state index contributed by atoms with van der Waals surface area (Å²) in [6.45, 7) is 3.56. The summed E-state index contributed by atoms with van der Waals surface area (Å²) >= 11 is 0. The van der Waals surface area contributed by atoms with E-state index in [4.69, 9.17) is 9.84 Å². The van der Waals surface area contributed by atoms with Crippen LogP contribution in [0, 0.1) is 5.82 Å². The molecule has 8 heteroatoms. The monoisotopic (exact) mass is 345 g/mol.